The smallest absolute Gasteiger partial charge is 0.373 e. The molecule has 3 nitrogen and oxygen atoms in total. The summed E-state index contributed by atoms with van der Waals surface area (Å²) in [5, 5.41) is 1.91. The number of oxazole rings is 1. The van der Waals surface area contributed by atoms with Crippen molar-refractivity contribution in [2.75, 3.05) is 11.9 Å². The van der Waals surface area contributed by atoms with E-state index in [-0.39, 0.29) is 12.4 Å². The van der Waals surface area contributed by atoms with Crippen LogP contribution >= 0.6 is 23.4 Å². The number of thioether (sulfide) groups is 1. The molecule has 0 saturated carbocycles. The largest absolute Gasteiger partial charge is 1.00 e. The van der Waals surface area contributed by atoms with Crippen molar-refractivity contribution in [1.29, 1.82) is 0 Å². The molecule has 128 valence electrons. The van der Waals surface area contributed by atoms with Gasteiger partial charge in [0.15, 0.2) is 0 Å². The van der Waals surface area contributed by atoms with Gasteiger partial charge in [-0.1, -0.05) is 35.5 Å². The zero-order valence-corrected chi connectivity index (χ0v) is 16.1. The first-order chi connectivity index (χ1) is 11.6. The third kappa shape index (κ3) is 3.30. The molecule has 0 amide bonds. The van der Waals surface area contributed by atoms with Gasteiger partial charge in [-0.3, -0.25) is 0 Å². The quantitative estimate of drug-likeness (QED) is 0.624. The maximum absolute atomic E-state index is 6.09. The fourth-order valence-electron chi connectivity index (χ4n) is 2.76. The number of hydrogen-bond donors (Lipinski definition) is 0. The van der Waals surface area contributed by atoms with Crippen molar-refractivity contribution in [2.24, 2.45) is 7.05 Å². The molecule has 0 saturated heterocycles. The molecule has 1 aliphatic rings. The molecule has 4 rings (SSSR count). The van der Waals surface area contributed by atoms with Gasteiger partial charge in [-0.25, -0.2) is 0 Å². The van der Waals surface area contributed by atoms with Crippen molar-refractivity contribution in [2.45, 2.75) is 4.90 Å². The molecule has 6 heteroatoms. The molecular weight excluding hydrogens is 375 g/mol. The molecule has 1 aromatic heterocycles. The lowest BCUT2D eigenvalue weighted by Crippen LogP contribution is -3.00. The van der Waals surface area contributed by atoms with Gasteiger partial charge >= 0.3 is 5.89 Å². The Balaban J connectivity index is 0.00000182. The van der Waals surface area contributed by atoms with Gasteiger partial charge in [-0.2, -0.15) is 4.57 Å². The summed E-state index contributed by atoms with van der Waals surface area (Å²) in [6, 6.07) is 14.0. The molecule has 0 aliphatic carbocycles. The van der Waals surface area contributed by atoms with Gasteiger partial charge in [0.25, 0.3) is 5.52 Å². The summed E-state index contributed by atoms with van der Waals surface area (Å²) >= 11 is 7.83. The van der Waals surface area contributed by atoms with E-state index in [4.69, 9.17) is 16.0 Å². The van der Waals surface area contributed by atoms with E-state index in [2.05, 4.69) is 30.2 Å². The van der Waals surface area contributed by atoms with Crippen LogP contribution in [0, 0.1) is 0 Å². The molecule has 0 spiro atoms. The number of allylic oxidation sites excluding steroid dienone is 2. The number of aryl methyl sites for hydroxylation is 1. The molecule has 0 N–H and O–H groups in total. The van der Waals surface area contributed by atoms with Crippen LogP contribution in [0.4, 0.5) is 5.69 Å². The number of para-hydroxylation sites is 2. The van der Waals surface area contributed by atoms with Crippen LogP contribution in [0.1, 0.15) is 5.89 Å². The monoisotopic (exact) mass is 390 g/mol. The van der Waals surface area contributed by atoms with Crippen molar-refractivity contribution in [3.63, 3.8) is 0 Å². The predicted molar refractivity (Wildman–Crippen MR) is 100 cm³/mol. The summed E-state index contributed by atoms with van der Waals surface area (Å²) in [6.07, 6.45) is 6.09. The Labute approximate surface area is 162 Å². The van der Waals surface area contributed by atoms with E-state index in [1.54, 1.807) is 11.8 Å². The van der Waals surface area contributed by atoms with Crippen LogP contribution in [-0.4, -0.2) is 7.05 Å². The first-order valence-corrected chi connectivity index (χ1v) is 8.80. The molecule has 3 aromatic rings. The van der Waals surface area contributed by atoms with Gasteiger partial charge < -0.3 is 21.7 Å². The normalized spacial score (nSPS) is 15.2. The van der Waals surface area contributed by atoms with Crippen molar-refractivity contribution in [1.82, 2.24) is 0 Å². The van der Waals surface area contributed by atoms with Crippen molar-refractivity contribution >= 4 is 46.2 Å². The predicted octanol–water partition coefficient (Wildman–Crippen LogP) is 2.01. The molecule has 0 fully saturated rings. The van der Waals surface area contributed by atoms with Gasteiger partial charge in [0, 0.05) is 23.0 Å². The first-order valence-electron chi connectivity index (χ1n) is 7.60. The van der Waals surface area contributed by atoms with E-state index in [0.29, 0.717) is 0 Å². The zero-order valence-electron chi connectivity index (χ0n) is 13.7. The van der Waals surface area contributed by atoms with Crippen LogP contribution in [0.3, 0.4) is 0 Å². The highest BCUT2D eigenvalue weighted by Gasteiger charge is 2.21. The third-order valence-corrected chi connectivity index (χ3v) is 5.50. The number of halogens is 2. The topological polar surface area (TPSA) is 20.3 Å². The molecule has 25 heavy (non-hydrogen) atoms. The second kappa shape index (κ2) is 7.16. The molecule has 1 aliphatic heterocycles. The lowest BCUT2D eigenvalue weighted by Gasteiger charge is -2.12. The average Bonchev–Trinajstić information content (AvgIpc) is 3.07. The minimum atomic E-state index is 0. The Hall–Kier alpha value is -1.88. The Kier molecular flexibility index (Phi) is 5.13. The van der Waals surface area contributed by atoms with Gasteiger partial charge in [0.2, 0.25) is 5.58 Å². The average molecular weight is 391 g/mol. The van der Waals surface area contributed by atoms with E-state index in [0.717, 1.165) is 32.7 Å². The standard InChI is InChI=1S/C19H16ClN2OS.ClH/c1-21-14-6-3-4-7-16(14)23-18(21)8-5-9-19-22(2)15-12-13(20)10-11-17(15)24-19;/h3-12H,1-2H3;1H/q+1;/p-1. The Morgan fingerprint density at radius 2 is 2.00 bits per heavy atom. The highest BCUT2D eigenvalue weighted by molar-refractivity contribution is 8.03. The van der Waals surface area contributed by atoms with Crippen molar-refractivity contribution in [3.05, 3.63) is 70.6 Å². The van der Waals surface area contributed by atoms with E-state index in [1.807, 2.05) is 54.1 Å². The molecule has 0 unspecified atom stereocenters. The number of aromatic nitrogens is 1. The Morgan fingerprint density at radius 1 is 1.20 bits per heavy atom. The fourth-order valence-corrected chi connectivity index (χ4v) is 3.97. The van der Waals surface area contributed by atoms with Gasteiger partial charge in [0.1, 0.15) is 7.05 Å². The summed E-state index contributed by atoms with van der Waals surface area (Å²) in [5.74, 6) is 0.819. The molecule has 0 atom stereocenters. The van der Waals surface area contributed by atoms with Crippen LogP contribution in [0.15, 0.2) is 69.0 Å². The fraction of sp³-hybridized carbons (Fsp3) is 0.105. The number of nitrogens with zero attached hydrogens (tertiary/aromatic N) is 2. The van der Waals surface area contributed by atoms with Crippen LogP contribution in [-0.2, 0) is 7.05 Å². The SMILES string of the molecule is CN1/C(=C/C=C/c2oc3ccccc3[n+]2C)Sc2ccc(Cl)cc21.[Cl-]. The maximum atomic E-state index is 6.09. The van der Waals surface area contributed by atoms with Crippen LogP contribution < -0.4 is 21.9 Å². The summed E-state index contributed by atoms with van der Waals surface area (Å²) < 4.78 is 7.92. The summed E-state index contributed by atoms with van der Waals surface area (Å²) in [4.78, 5) is 3.37. The molecule has 2 heterocycles. The summed E-state index contributed by atoms with van der Waals surface area (Å²) in [6.45, 7) is 0. The number of rotatable bonds is 2. The minimum Gasteiger partial charge on any atom is -1.00 e. The van der Waals surface area contributed by atoms with Gasteiger partial charge in [-0.05, 0) is 36.4 Å². The summed E-state index contributed by atoms with van der Waals surface area (Å²) in [5.41, 5.74) is 3.11. The zero-order chi connectivity index (χ0) is 16.7. The third-order valence-electron chi connectivity index (χ3n) is 4.08. The number of hydrogen-bond acceptors (Lipinski definition) is 3. The Bertz CT molecular complexity index is 994. The van der Waals surface area contributed by atoms with Gasteiger partial charge in [0.05, 0.1) is 16.8 Å². The number of anilines is 1. The molecule has 0 bridgehead atoms. The molecule has 2 aromatic carbocycles. The molecular formula is C19H16Cl2N2OS. The number of fused-ring (bicyclic) bond motifs is 2. The van der Waals surface area contributed by atoms with Crippen LogP contribution in [0.2, 0.25) is 5.02 Å². The van der Waals surface area contributed by atoms with Crippen molar-refractivity contribution in [3.8, 4) is 0 Å². The Morgan fingerprint density at radius 3 is 2.80 bits per heavy atom. The van der Waals surface area contributed by atoms with Crippen LogP contribution in [0.25, 0.3) is 17.2 Å². The molecule has 0 radical (unpaired) electrons. The van der Waals surface area contributed by atoms with E-state index < -0.39 is 0 Å². The first kappa shape index (κ1) is 17.9. The van der Waals surface area contributed by atoms with E-state index in [9.17, 15) is 0 Å². The second-order valence-electron chi connectivity index (χ2n) is 5.60. The van der Waals surface area contributed by atoms with Crippen LogP contribution in [0.5, 0.6) is 0 Å². The lowest BCUT2D eigenvalue weighted by molar-refractivity contribution is -0.652. The summed E-state index contributed by atoms with van der Waals surface area (Å²) in [7, 11) is 4.06. The van der Waals surface area contributed by atoms with E-state index in [1.165, 1.54) is 4.90 Å². The number of benzene rings is 2. The maximum Gasteiger partial charge on any atom is 0.373 e. The van der Waals surface area contributed by atoms with E-state index >= 15 is 0 Å². The second-order valence-corrected chi connectivity index (χ2v) is 7.10. The minimum absolute atomic E-state index is 0. The highest BCUT2D eigenvalue weighted by Crippen LogP contribution is 2.45. The van der Waals surface area contributed by atoms with Gasteiger partial charge in [-0.15, -0.1) is 0 Å². The lowest BCUT2D eigenvalue weighted by atomic mass is 10.3. The van der Waals surface area contributed by atoms with Crippen molar-refractivity contribution < 1.29 is 21.4 Å². The highest BCUT2D eigenvalue weighted by atomic mass is 35.5.